The molecule has 0 saturated heterocycles. The van der Waals surface area contributed by atoms with E-state index in [0.717, 1.165) is 10.5 Å². The number of hydrogen-bond acceptors (Lipinski definition) is 2. The third-order valence-electron chi connectivity index (χ3n) is 3.01. The first-order chi connectivity index (χ1) is 10.3. The van der Waals surface area contributed by atoms with Crippen molar-refractivity contribution in [3.05, 3.63) is 57.1 Å². The van der Waals surface area contributed by atoms with Gasteiger partial charge in [0, 0.05) is 3.57 Å². The molecular weight excluding hydrogens is 410 g/mol. The molecule has 1 aromatic carbocycles. The van der Waals surface area contributed by atoms with Crippen LogP contribution in [0.15, 0.2) is 41.0 Å². The molecule has 0 fully saturated rings. The number of carbonyl (C=O) groups is 1. The highest BCUT2D eigenvalue weighted by molar-refractivity contribution is 14.1. The lowest BCUT2D eigenvalue weighted by atomic mass is 10.1. The lowest BCUT2D eigenvalue weighted by Crippen LogP contribution is -2.38. The summed E-state index contributed by atoms with van der Waals surface area (Å²) < 4.78 is 44.0. The highest BCUT2D eigenvalue weighted by Gasteiger charge is 2.34. The maximum Gasteiger partial charge on any atom is 0.406 e. The van der Waals surface area contributed by atoms with Crippen LogP contribution in [0.1, 0.15) is 21.7 Å². The quantitative estimate of drug-likeness (QED) is 0.684. The van der Waals surface area contributed by atoms with Crippen molar-refractivity contribution in [1.29, 1.82) is 0 Å². The van der Waals surface area contributed by atoms with Crippen LogP contribution in [0.5, 0.6) is 0 Å². The first-order valence-corrected chi connectivity index (χ1v) is 7.49. The van der Waals surface area contributed by atoms with Crippen LogP contribution in [0.4, 0.5) is 13.2 Å². The number of rotatable bonds is 4. The molecule has 22 heavy (non-hydrogen) atoms. The Bertz CT molecular complexity index is 653. The van der Waals surface area contributed by atoms with E-state index in [-0.39, 0.29) is 12.1 Å². The average molecular weight is 423 g/mol. The average Bonchev–Trinajstić information content (AvgIpc) is 2.92. The predicted molar refractivity (Wildman–Crippen MR) is 83.4 cm³/mol. The lowest BCUT2D eigenvalue weighted by Gasteiger charge is -2.24. The first-order valence-electron chi connectivity index (χ1n) is 6.41. The zero-order valence-electron chi connectivity index (χ0n) is 11.7. The van der Waals surface area contributed by atoms with Gasteiger partial charge in [-0.25, -0.2) is 0 Å². The molecule has 0 atom stereocenters. The molecule has 0 bridgehead atoms. The van der Waals surface area contributed by atoms with Crippen LogP contribution in [-0.2, 0) is 6.54 Å². The van der Waals surface area contributed by atoms with Gasteiger partial charge in [-0.05, 0) is 53.3 Å². The number of hydrogen-bond donors (Lipinski definition) is 0. The van der Waals surface area contributed by atoms with E-state index in [1.54, 1.807) is 25.1 Å². The fourth-order valence-corrected chi connectivity index (χ4v) is 2.58. The lowest BCUT2D eigenvalue weighted by molar-refractivity contribution is -0.142. The van der Waals surface area contributed by atoms with E-state index in [1.807, 2.05) is 22.6 Å². The van der Waals surface area contributed by atoms with E-state index in [4.69, 9.17) is 4.42 Å². The van der Waals surface area contributed by atoms with Crippen molar-refractivity contribution in [2.75, 3.05) is 6.54 Å². The van der Waals surface area contributed by atoms with Crippen molar-refractivity contribution in [3.63, 3.8) is 0 Å². The summed E-state index contributed by atoms with van der Waals surface area (Å²) in [4.78, 5) is 13.2. The Balaban J connectivity index is 2.31. The number of benzene rings is 1. The molecule has 2 rings (SSSR count). The molecule has 0 spiro atoms. The van der Waals surface area contributed by atoms with Crippen LogP contribution in [0.25, 0.3) is 0 Å². The van der Waals surface area contributed by atoms with Gasteiger partial charge in [0.2, 0.25) is 0 Å². The molecule has 7 heteroatoms. The SMILES string of the molecule is Cc1cccc(C(=O)N(Cc2ccco2)CC(F)(F)F)c1I. The smallest absolute Gasteiger partial charge is 0.406 e. The summed E-state index contributed by atoms with van der Waals surface area (Å²) in [7, 11) is 0. The van der Waals surface area contributed by atoms with Crippen molar-refractivity contribution >= 4 is 28.5 Å². The van der Waals surface area contributed by atoms with Gasteiger partial charge < -0.3 is 9.32 Å². The summed E-state index contributed by atoms with van der Waals surface area (Å²) >= 11 is 1.97. The van der Waals surface area contributed by atoms with Crippen LogP contribution in [-0.4, -0.2) is 23.5 Å². The molecule has 0 aliphatic carbocycles. The van der Waals surface area contributed by atoms with Gasteiger partial charge in [0.05, 0.1) is 18.4 Å². The summed E-state index contributed by atoms with van der Waals surface area (Å²) in [5.41, 5.74) is 1.10. The third-order valence-corrected chi connectivity index (χ3v) is 4.44. The number of furan rings is 1. The van der Waals surface area contributed by atoms with E-state index in [9.17, 15) is 18.0 Å². The molecule has 0 aliphatic heterocycles. The summed E-state index contributed by atoms with van der Waals surface area (Å²) in [6.07, 6.45) is -3.11. The van der Waals surface area contributed by atoms with E-state index < -0.39 is 18.6 Å². The number of aryl methyl sites for hydroxylation is 1. The predicted octanol–water partition coefficient (Wildman–Crippen LogP) is 4.40. The Morgan fingerprint density at radius 1 is 1.27 bits per heavy atom. The molecule has 1 amide bonds. The molecule has 118 valence electrons. The molecule has 1 aromatic heterocycles. The number of carbonyl (C=O) groups excluding carboxylic acids is 1. The standard InChI is InChI=1S/C15H13F3INO2/c1-10-4-2-6-12(13(10)19)14(21)20(9-15(16,17)18)8-11-5-3-7-22-11/h2-7H,8-9H2,1H3. The molecular formula is C15H13F3INO2. The minimum absolute atomic E-state index is 0.227. The molecule has 0 N–H and O–H groups in total. The van der Waals surface area contributed by atoms with Gasteiger partial charge in [0.25, 0.3) is 5.91 Å². The van der Waals surface area contributed by atoms with Gasteiger partial charge in [-0.3, -0.25) is 4.79 Å². The molecule has 0 radical (unpaired) electrons. The minimum atomic E-state index is -4.47. The van der Waals surface area contributed by atoms with Crippen molar-refractivity contribution in [2.45, 2.75) is 19.6 Å². The molecule has 3 nitrogen and oxygen atoms in total. The Kier molecular flexibility index (Phi) is 5.15. The van der Waals surface area contributed by atoms with Crippen molar-refractivity contribution in [2.24, 2.45) is 0 Å². The van der Waals surface area contributed by atoms with Gasteiger partial charge in [-0.1, -0.05) is 12.1 Å². The molecule has 2 aromatic rings. The molecule has 0 aliphatic rings. The van der Waals surface area contributed by atoms with Crippen molar-refractivity contribution < 1.29 is 22.4 Å². The molecule has 0 unspecified atom stereocenters. The highest BCUT2D eigenvalue weighted by Crippen LogP contribution is 2.23. The maximum atomic E-state index is 12.8. The summed E-state index contributed by atoms with van der Waals surface area (Å²) in [6.45, 7) is 0.255. The molecule has 0 saturated carbocycles. The van der Waals surface area contributed by atoms with E-state index in [2.05, 4.69) is 0 Å². The topological polar surface area (TPSA) is 33.5 Å². The Morgan fingerprint density at radius 3 is 2.59 bits per heavy atom. The van der Waals surface area contributed by atoms with Crippen LogP contribution >= 0.6 is 22.6 Å². The summed E-state index contributed by atoms with van der Waals surface area (Å²) in [5, 5.41) is 0. The van der Waals surface area contributed by atoms with Gasteiger partial charge in [0.1, 0.15) is 12.3 Å². The Hall–Kier alpha value is -1.51. The Labute approximate surface area is 139 Å². The minimum Gasteiger partial charge on any atom is -0.467 e. The van der Waals surface area contributed by atoms with E-state index in [0.29, 0.717) is 9.33 Å². The zero-order chi connectivity index (χ0) is 16.3. The maximum absolute atomic E-state index is 12.8. The largest absolute Gasteiger partial charge is 0.467 e. The number of halogens is 4. The second-order valence-electron chi connectivity index (χ2n) is 4.79. The fraction of sp³-hybridized carbons (Fsp3) is 0.267. The second kappa shape index (κ2) is 6.72. The normalized spacial score (nSPS) is 11.5. The highest BCUT2D eigenvalue weighted by atomic mass is 127. The van der Waals surface area contributed by atoms with Gasteiger partial charge in [-0.2, -0.15) is 13.2 Å². The first kappa shape index (κ1) is 16.9. The summed E-state index contributed by atoms with van der Waals surface area (Å²) in [5.74, 6) is -0.359. The van der Waals surface area contributed by atoms with Crippen LogP contribution in [0.2, 0.25) is 0 Å². The summed E-state index contributed by atoms with van der Waals surface area (Å²) in [6, 6.07) is 8.10. The fourth-order valence-electron chi connectivity index (χ4n) is 1.99. The third kappa shape index (κ3) is 4.25. The monoisotopic (exact) mass is 423 g/mol. The van der Waals surface area contributed by atoms with Crippen molar-refractivity contribution in [1.82, 2.24) is 4.90 Å². The van der Waals surface area contributed by atoms with E-state index in [1.165, 1.54) is 18.4 Å². The van der Waals surface area contributed by atoms with Crippen molar-refractivity contribution in [3.8, 4) is 0 Å². The second-order valence-corrected chi connectivity index (χ2v) is 5.87. The zero-order valence-corrected chi connectivity index (χ0v) is 13.8. The van der Waals surface area contributed by atoms with Crippen LogP contribution in [0.3, 0.4) is 0 Å². The molecule has 1 heterocycles. The number of amides is 1. The van der Waals surface area contributed by atoms with Gasteiger partial charge in [-0.15, -0.1) is 0 Å². The van der Waals surface area contributed by atoms with E-state index >= 15 is 0 Å². The van der Waals surface area contributed by atoms with Gasteiger partial charge >= 0.3 is 6.18 Å². The van der Waals surface area contributed by atoms with Crippen LogP contribution in [0, 0.1) is 10.5 Å². The van der Waals surface area contributed by atoms with Crippen LogP contribution < -0.4 is 0 Å². The number of alkyl halides is 3. The Morgan fingerprint density at radius 2 is 2.00 bits per heavy atom. The van der Waals surface area contributed by atoms with Gasteiger partial charge in [0.15, 0.2) is 0 Å². The number of nitrogens with zero attached hydrogens (tertiary/aromatic N) is 1.